The average Bonchev–Trinajstić information content (AvgIpc) is 3.68. The Balaban J connectivity index is 1.48. The number of aliphatic carboxylic acids is 2. The molecule has 0 spiro atoms. The van der Waals surface area contributed by atoms with Gasteiger partial charge in [-0.05, 0) is 49.6 Å². The Morgan fingerprint density at radius 2 is 1.83 bits per heavy atom. The van der Waals surface area contributed by atoms with Crippen molar-refractivity contribution in [1.29, 1.82) is 0 Å². The molecule has 2 aromatic carbocycles. The number of nitrogens with two attached hydrogens (primary N) is 1. The largest absolute Gasteiger partial charge is 0.480 e. The number of nitrogens with zero attached hydrogens (tertiary/aromatic N) is 1. The minimum atomic E-state index is -4.32. The number of furan rings is 1. The number of hydrogen-bond donors (Lipinski definition) is 6. The molecule has 46 heavy (non-hydrogen) atoms. The van der Waals surface area contributed by atoms with Crippen molar-refractivity contribution >= 4 is 51.1 Å². The summed E-state index contributed by atoms with van der Waals surface area (Å²) in [5.74, 6) is -3.38. The molecule has 2 amide bonds. The van der Waals surface area contributed by atoms with Crippen LogP contribution in [0.25, 0.3) is 0 Å². The van der Waals surface area contributed by atoms with E-state index in [4.69, 9.17) is 21.2 Å². The average molecular weight is 676 g/mol. The van der Waals surface area contributed by atoms with Gasteiger partial charge >= 0.3 is 11.9 Å². The van der Waals surface area contributed by atoms with Crippen LogP contribution in [-0.2, 0) is 37.4 Å². The van der Waals surface area contributed by atoms with Gasteiger partial charge in [0.05, 0.1) is 29.4 Å². The molecule has 1 fully saturated rings. The number of likely N-dealkylation sites (tertiary alicyclic amines) is 1. The lowest BCUT2D eigenvalue weighted by Crippen LogP contribution is -2.53. The monoisotopic (exact) mass is 675 g/mol. The topological polar surface area (TPSA) is 221 Å². The molecule has 0 aliphatic carbocycles. The first-order valence-corrected chi connectivity index (χ1v) is 16.2. The number of carbonyl (C=O) groups excluding carboxylic acids is 2. The molecular formula is C30H34ClN5O9S. The highest BCUT2D eigenvalue weighted by Gasteiger charge is 2.42. The quantitative estimate of drug-likeness (QED) is 0.145. The van der Waals surface area contributed by atoms with Crippen LogP contribution in [0.1, 0.15) is 41.4 Å². The minimum Gasteiger partial charge on any atom is -0.480 e. The lowest BCUT2D eigenvalue weighted by atomic mass is 10.0. The molecule has 246 valence electrons. The molecule has 1 aromatic heterocycles. The van der Waals surface area contributed by atoms with Gasteiger partial charge in [-0.1, -0.05) is 41.9 Å². The number of aryl methyl sites for hydroxylation is 1. The molecule has 0 bridgehead atoms. The molecule has 3 aromatic rings. The second-order valence-electron chi connectivity index (χ2n) is 10.9. The normalized spacial score (nSPS) is 17.7. The van der Waals surface area contributed by atoms with E-state index in [0.717, 1.165) is 16.5 Å². The second-order valence-corrected chi connectivity index (χ2v) is 12.8. The summed E-state index contributed by atoms with van der Waals surface area (Å²) in [7, 11) is -4.32. The van der Waals surface area contributed by atoms with Gasteiger partial charge in [-0.2, -0.15) is 0 Å². The number of anilines is 1. The van der Waals surface area contributed by atoms with Crippen molar-refractivity contribution in [2.45, 2.75) is 61.8 Å². The van der Waals surface area contributed by atoms with Crippen molar-refractivity contribution in [2.75, 3.05) is 11.9 Å². The van der Waals surface area contributed by atoms with Crippen molar-refractivity contribution < 1.29 is 42.2 Å². The third kappa shape index (κ3) is 8.63. The van der Waals surface area contributed by atoms with Gasteiger partial charge in [0.25, 0.3) is 5.91 Å². The molecular weight excluding hydrogens is 642 g/mol. The highest BCUT2D eigenvalue weighted by Crippen LogP contribution is 2.29. The highest BCUT2D eigenvalue weighted by molar-refractivity contribution is 7.89. The Bertz CT molecular complexity index is 1690. The smallest absolute Gasteiger partial charge is 0.326 e. The molecule has 0 unspecified atom stereocenters. The van der Waals surface area contributed by atoms with Crippen molar-refractivity contribution in [2.24, 2.45) is 5.14 Å². The van der Waals surface area contributed by atoms with E-state index in [0.29, 0.717) is 12.2 Å². The Hall–Kier alpha value is -4.44. The molecule has 1 aliphatic rings. The van der Waals surface area contributed by atoms with Crippen molar-refractivity contribution in [1.82, 2.24) is 15.5 Å². The van der Waals surface area contributed by atoms with E-state index in [1.165, 1.54) is 19.3 Å². The lowest BCUT2D eigenvalue weighted by Gasteiger charge is -2.27. The van der Waals surface area contributed by atoms with Crippen LogP contribution in [0.5, 0.6) is 0 Å². The van der Waals surface area contributed by atoms with Crippen LogP contribution in [0.2, 0.25) is 5.02 Å². The highest BCUT2D eigenvalue weighted by atomic mass is 35.5. The molecule has 4 atom stereocenters. The molecule has 4 rings (SSSR count). The Kier molecular flexibility index (Phi) is 11.1. The number of nitrogens with one attached hydrogen (secondary N) is 3. The van der Waals surface area contributed by atoms with Gasteiger partial charge < -0.3 is 30.2 Å². The third-order valence-electron chi connectivity index (χ3n) is 7.55. The number of carboxylic acids is 2. The third-order valence-corrected chi connectivity index (χ3v) is 8.92. The zero-order chi connectivity index (χ0) is 33.6. The molecule has 1 aliphatic heterocycles. The summed E-state index contributed by atoms with van der Waals surface area (Å²) in [6.07, 6.45) is 1.94. The first-order chi connectivity index (χ1) is 21.7. The zero-order valence-corrected chi connectivity index (χ0v) is 26.3. The van der Waals surface area contributed by atoms with Gasteiger partial charge in [0.15, 0.2) is 0 Å². The fourth-order valence-corrected chi connectivity index (χ4v) is 6.34. The Morgan fingerprint density at radius 1 is 1.11 bits per heavy atom. The van der Waals surface area contributed by atoms with E-state index >= 15 is 0 Å². The van der Waals surface area contributed by atoms with Crippen LogP contribution in [0.3, 0.4) is 0 Å². The van der Waals surface area contributed by atoms with E-state index in [9.17, 15) is 37.8 Å². The number of halogens is 1. The van der Waals surface area contributed by atoms with Crippen LogP contribution in [0.15, 0.2) is 70.2 Å². The first-order valence-electron chi connectivity index (χ1n) is 14.2. The summed E-state index contributed by atoms with van der Waals surface area (Å²) in [6, 6.07) is 10.5. The summed E-state index contributed by atoms with van der Waals surface area (Å²) in [4.78, 5) is 51.6. The summed E-state index contributed by atoms with van der Waals surface area (Å²) in [5.41, 5.74) is 0.934. The van der Waals surface area contributed by atoms with Crippen LogP contribution in [0.4, 0.5) is 5.69 Å². The lowest BCUT2D eigenvalue weighted by molar-refractivity contribution is -0.149. The van der Waals surface area contributed by atoms with Gasteiger partial charge in [-0.3, -0.25) is 19.7 Å². The number of hydrogen-bond acceptors (Lipinski definition) is 9. The number of benzene rings is 2. The second kappa shape index (κ2) is 14.8. The number of carboxylic acid groups (broad SMARTS) is 2. The van der Waals surface area contributed by atoms with Gasteiger partial charge in [-0.25, -0.2) is 18.4 Å². The van der Waals surface area contributed by atoms with Crippen molar-refractivity contribution in [3.05, 3.63) is 82.8 Å². The summed E-state index contributed by atoms with van der Waals surface area (Å²) >= 11 is 6.16. The first kappa shape index (κ1) is 34.4. The summed E-state index contributed by atoms with van der Waals surface area (Å²) < 4.78 is 29.6. The van der Waals surface area contributed by atoms with Crippen LogP contribution >= 0.6 is 11.6 Å². The van der Waals surface area contributed by atoms with E-state index < -0.39 is 62.8 Å². The van der Waals surface area contributed by atoms with E-state index in [1.54, 1.807) is 12.1 Å². The van der Waals surface area contributed by atoms with E-state index in [-0.39, 0.29) is 42.2 Å². The molecule has 1 saturated heterocycles. The number of rotatable bonds is 14. The van der Waals surface area contributed by atoms with E-state index in [1.807, 2.05) is 30.3 Å². The van der Waals surface area contributed by atoms with Gasteiger partial charge in [0.2, 0.25) is 15.9 Å². The Labute approximate surface area is 269 Å². The number of amides is 2. The fourth-order valence-electron chi connectivity index (χ4n) is 5.24. The van der Waals surface area contributed by atoms with Crippen LogP contribution in [0, 0.1) is 0 Å². The van der Waals surface area contributed by atoms with Crippen molar-refractivity contribution in [3.8, 4) is 0 Å². The van der Waals surface area contributed by atoms with Crippen LogP contribution < -0.4 is 21.1 Å². The number of carbonyl (C=O) groups is 4. The van der Waals surface area contributed by atoms with Gasteiger partial charge in [0.1, 0.15) is 22.7 Å². The fraction of sp³-hybridized carbons (Fsp3) is 0.333. The zero-order valence-electron chi connectivity index (χ0n) is 24.7. The Morgan fingerprint density at radius 3 is 2.43 bits per heavy atom. The number of sulfonamides is 1. The predicted molar refractivity (Wildman–Crippen MR) is 167 cm³/mol. The predicted octanol–water partition coefficient (Wildman–Crippen LogP) is 2.04. The van der Waals surface area contributed by atoms with Gasteiger partial charge in [0, 0.05) is 24.7 Å². The van der Waals surface area contributed by atoms with Crippen molar-refractivity contribution in [3.63, 3.8) is 0 Å². The minimum absolute atomic E-state index is 0.124. The van der Waals surface area contributed by atoms with Crippen LogP contribution in [-0.4, -0.2) is 78.0 Å². The van der Waals surface area contributed by atoms with Gasteiger partial charge in [-0.15, -0.1) is 0 Å². The SMILES string of the molecule is C[C@H](N[C@@H](CCc1ccccc1)C(=O)O)C(=O)N1C[C@@H](NC(=O)c2cc(S(N)(=O)=O)c(Cl)cc2NCc2ccco2)C[C@H]1C(=O)O. The summed E-state index contributed by atoms with van der Waals surface area (Å²) in [6.45, 7) is 1.38. The molecule has 14 nitrogen and oxygen atoms in total. The molecule has 0 radical (unpaired) electrons. The molecule has 7 N–H and O–H groups in total. The summed E-state index contributed by atoms with van der Waals surface area (Å²) in [5, 5.41) is 33.1. The maximum atomic E-state index is 13.5. The maximum absolute atomic E-state index is 13.5. The number of primary sulfonamides is 1. The van der Waals surface area contributed by atoms with E-state index in [2.05, 4.69) is 16.0 Å². The molecule has 0 saturated carbocycles. The standard InChI is InChI=1S/C30H34ClN5O9S/c1-17(34-23(29(39)40)10-9-18-6-3-2-4-7-18)28(38)36-16-19(12-25(36)30(41)42)35-27(37)21-13-26(46(32,43)44)22(31)14-24(21)33-15-20-8-5-11-45-20/h2-8,11,13-14,17,19,23,25,33-34H,9-10,12,15-16H2,1H3,(H,35,37)(H,39,40)(H,41,42)(H2,32,43,44)/t17-,19-,23-,25-/m0/s1. The molecule has 2 heterocycles. The maximum Gasteiger partial charge on any atom is 0.326 e. The molecule has 16 heteroatoms.